The first kappa shape index (κ1) is 11.4. The molecule has 88 valence electrons. The fourth-order valence-corrected chi connectivity index (χ4v) is 2.90. The maximum atomic E-state index is 9.54. The first-order valence-electron chi connectivity index (χ1n) is 6.64. The Balaban J connectivity index is 1.63. The van der Waals surface area contributed by atoms with Crippen molar-refractivity contribution in [3.05, 3.63) is 0 Å². The second-order valence-electron chi connectivity index (χ2n) is 5.28. The van der Waals surface area contributed by atoms with Crippen LogP contribution in [0.3, 0.4) is 0 Å². The van der Waals surface area contributed by atoms with Gasteiger partial charge in [-0.15, -0.1) is 0 Å². The van der Waals surface area contributed by atoms with Gasteiger partial charge in [-0.25, -0.2) is 0 Å². The van der Waals surface area contributed by atoms with E-state index in [0.717, 1.165) is 38.2 Å². The molecule has 15 heavy (non-hydrogen) atoms. The Morgan fingerprint density at radius 2 is 1.73 bits per heavy atom. The van der Waals surface area contributed by atoms with Gasteiger partial charge in [0.2, 0.25) is 0 Å². The number of aliphatic hydroxyl groups excluding tert-OH is 1. The van der Waals surface area contributed by atoms with Gasteiger partial charge in [-0.2, -0.15) is 0 Å². The van der Waals surface area contributed by atoms with E-state index >= 15 is 0 Å². The molecule has 0 heterocycles. The van der Waals surface area contributed by atoms with Crippen molar-refractivity contribution in [2.75, 3.05) is 6.61 Å². The molecule has 2 saturated carbocycles. The summed E-state index contributed by atoms with van der Waals surface area (Å²) >= 11 is 0. The third-order valence-electron chi connectivity index (χ3n) is 3.89. The monoisotopic (exact) mass is 212 g/mol. The van der Waals surface area contributed by atoms with Gasteiger partial charge in [0.25, 0.3) is 0 Å². The summed E-state index contributed by atoms with van der Waals surface area (Å²) in [5.74, 6) is 0.804. The molecular weight excluding hydrogens is 188 g/mol. The summed E-state index contributed by atoms with van der Waals surface area (Å²) < 4.78 is 5.93. The smallest absolute Gasteiger partial charge is 0.0599 e. The van der Waals surface area contributed by atoms with E-state index in [0.29, 0.717) is 6.10 Å². The summed E-state index contributed by atoms with van der Waals surface area (Å²) in [5.41, 5.74) is 0. The third kappa shape index (κ3) is 3.76. The average Bonchev–Trinajstić information content (AvgIpc) is 2.28. The molecule has 2 nitrogen and oxygen atoms in total. The highest BCUT2D eigenvalue weighted by Gasteiger charge is 2.22. The lowest BCUT2D eigenvalue weighted by atomic mass is 9.89. The topological polar surface area (TPSA) is 29.5 Å². The summed E-state index contributed by atoms with van der Waals surface area (Å²) in [6.07, 6.45) is 11.3. The van der Waals surface area contributed by atoms with Crippen molar-refractivity contribution < 1.29 is 9.84 Å². The summed E-state index contributed by atoms with van der Waals surface area (Å²) in [6, 6.07) is 0. The third-order valence-corrected chi connectivity index (χ3v) is 3.89. The zero-order valence-corrected chi connectivity index (χ0v) is 9.66. The lowest BCUT2D eigenvalue weighted by Crippen LogP contribution is -2.28. The molecule has 2 aliphatic carbocycles. The Morgan fingerprint density at radius 3 is 2.47 bits per heavy atom. The highest BCUT2D eigenvalue weighted by molar-refractivity contribution is 4.73. The maximum Gasteiger partial charge on any atom is 0.0599 e. The van der Waals surface area contributed by atoms with Gasteiger partial charge < -0.3 is 9.84 Å². The van der Waals surface area contributed by atoms with Crippen molar-refractivity contribution in [3.8, 4) is 0 Å². The highest BCUT2D eigenvalue weighted by Crippen LogP contribution is 2.26. The zero-order chi connectivity index (χ0) is 10.5. The van der Waals surface area contributed by atoms with Crippen molar-refractivity contribution in [1.29, 1.82) is 0 Å². The normalized spacial score (nSPS) is 34.2. The quantitative estimate of drug-likeness (QED) is 0.779. The van der Waals surface area contributed by atoms with Gasteiger partial charge in [-0.05, 0) is 44.4 Å². The molecule has 2 fully saturated rings. The molecule has 2 rings (SSSR count). The van der Waals surface area contributed by atoms with E-state index in [2.05, 4.69) is 0 Å². The van der Waals surface area contributed by atoms with E-state index in [1.165, 1.54) is 32.1 Å². The van der Waals surface area contributed by atoms with E-state index < -0.39 is 0 Å². The molecule has 0 bridgehead atoms. The van der Waals surface area contributed by atoms with Crippen molar-refractivity contribution in [2.24, 2.45) is 5.92 Å². The molecule has 0 radical (unpaired) electrons. The molecule has 0 saturated heterocycles. The van der Waals surface area contributed by atoms with Gasteiger partial charge in [0.15, 0.2) is 0 Å². The van der Waals surface area contributed by atoms with Crippen LogP contribution in [-0.4, -0.2) is 23.9 Å². The predicted octanol–water partition coefficient (Wildman–Crippen LogP) is 2.89. The van der Waals surface area contributed by atoms with E-state index in [-0.39, 0.29) is 6.10 Å². The van der Waals surface area contributed by atoms with Crippen LogP contribution in [0.1, 0.15) is 57.8 Å². The van der Waals surface area contributed by atoms with Crippen LogP contribution in [0.5, 0.6) is 0 Å². The predicted molar refractivity (Wildman–Crippen MR) is 60.8 cm³/mol. The number of aliphatic hydroxyl groups is 1. The van der Waals surface area contributed by atoms with Crippen LogP contribution >= 0.6 is 0 Å². The molecule has 0 amide bonds. The molecule has 2 aliphatic rings. The zero-order valence-electron chi connectivity index (χ0n) is 9.66. The van der Waals surface area contributed by atoms with Crippen molar-refractivity contribution in [1.82, 2.24) is 0 Å². The van der Waals surface area contributed by atoms with E-state index in [1.807, 2.05) is 0 Å². The van der Waals surface area contributed by atoms with Crippen LogP contribution in [0, 0.1) is 5.92 Å². The lowest BCUT2D eigenvalue weighted by molar-refractivity contribution is -0.0317. The van der Waals surface area contributed by atoms with E-state index in [1.54, 1.807) is 0 Å². The molecular formula is C13H24O2. The van der Waals surface area contributed by atoms with Crippen LogP contribution in [0.4, 0.5) is 0 Å². The number of hydrogen-bond acceptors (Lipinski definition) is 2. The minimum Gasteiger partial charge on any atom is -0.393 e. The maximum absolute atomic E-state index is 9.54. The molecule has 0 aromatic rings. The van der Waals surface area contributed by atoms with E-state index in [9.17, 15) is 5.11 Å². The number of hydrogen-bond donors (Lipinski definition) is 1. The fraction of sp³-hybridized carbons (Fsp3) is 1.00. The average molecular weight is 212 g/mol. The van der Waals surface area contributed by atoms with Crippen molar-refractivity contribution in [2.45, 2.75) is 70.0 Å². The lowest BCUT2D eigenvalue weighted by Gasteiger charge is -2.29. The van der Waals surface area contributed by atoms with Crippen molar-refractivity contribution >= 4 is 0 Å². The Hall–Kier alpha value is -0.0800. The molecule has 2 heteroatoms. The highest BCUT2D eigenvalue weighted by atomic mass is 16.5. The van der Waals surface area contributed by atoms with Crippen molar-refractivity contribution in [3.63, 3.8) is 0 Å². The molecule has 0 aromatic heterocycles. The molecule has 0 spiro atoms. The summed E-state index contributed by atoms with van der Waals surface area (Å²) in [6.45, 7) is 0.942. The van der Waals surface area contributed by atoms with Gasteiger partial charge in [0, 0.05) is 6.61 Å². The van der Waals surface area contributed by atoms with Gasteiger partial charge in [0.05, 0.1) is 12.2 Å². The van der Waals surface area contributed by atoms with Gasteiger partial charge in [-0.3, -0.25) is 0 Å². The van der Waals surface area contributed by atoms with Crippen LogP contribution in [0.15, 0.2) is 0 Å². The standard InChI is InChI=1S/C13H24O2/c14-12-7-4-8-13(9-12)15-10-11-5-2-1-3-6-11/h11-14H,1-10H2. The summed E-state index contributed by atoms with van der Waals surface area (Å²) in [7, 11) is 0. The molecule has 0 aliphatic heterocycles. The largest absolute Gasteiger partial charge is 0.393 e. The summed E-state index contributed by atoms with van der Waals surface area (Å²) in [5, 5.41) is 9.54. The Kier molecular flexibility index (Phi) is 4.45. The van der Waals surface area contributed by atoms with Crippen LogP contribution in [0.2, 0.25) is 0 Å². The number of rotatable bonds is 3. The molecule has 2 atom stereocenters. The fourth-order valence-electron chi connectivity index (χ4n) is 2.90. The first-order chi connectivity index (χ1) is 7.34. The second-order valence-corrected chi connectivity index (χ2v) is 5.28. The second kappa shape index (κ2) is 5.86. The van der Waals surface area contributed by atoms with Gasteiger partial charge in [-0.1, -0.05) is 19.3 Å². The SMILES string of the molecule is OC1CCCC(OCC2CCCCC2)C1. The summed E-state index contributed by atoms with van der Waals surface area (Å²) in [4.78, 5) is 0. The number of ether oxygens (including phenoxy) is 1. The van der Waals surface area contributed by atoms with Crippen LogP contribution in [-0.2, 0) is 4.74 Å². The molecule has 0 aromatic carbocycles. The van der Waals surface area contributed by atoms with Crippen LogP contribution in [0.25, 0.3) is 0 Å². The van der Waals surface area contributed by atoms with Crippen LogP contribution < -0.4 is 0 Å². The Morgan fingerprint density at radius 1 is 0.933 bits per heavy atom. The van der Waals surface area contributed by atoms with Gasteiger partial charge >= 0.3 is 0 Å². The Bertz CT molecular complexity index is 175. The van der Waals surface area contributed by atoms with Gasteiger partial charge in [0.1, 0.15) is 0 Å². The molecule has 1 N–H and O–H groups in total. The minimum absolute atomic E-state index is 0.102. The molecule has 2 unspecified atom stereocenters. The van der Waals surface area contributed by atoms with E-state index in [4.69, 9.17) is 4.74 Å². The first-order valence-corrected chi connectivity index (χ1v) is 6.64. The minimum atomic E-state index is -0.102. The Labute approximate surface area is 93.0 Å².